The third kappa shape index (κ3) is 5.94. The number of nitrogens with one attached hydrogen (secondary N) is 2. The number of nitrogens with zero attached hydrogens (tertiary/aromatic N) is 2. The first-order valence-corrected chi connectivity index (χ1v) is 8.96. The molecule has 0 bridgehead atoms. The van der Waals surface area contributed by atoms with E-state index in [9.17, 15) is 9.59 Å². The summed E-state index contributed by atoms with van der Waals surface area (Å²) in [7, 11) is 0. The standard InChI is InChI=1S/C18H24N4O2S/c1-11-7-6-8-13(9-11)16-21-22-17(25-16)20-15(24)12(2)19-14(23)10-18(3,4)5/h6-9,12H,10H2,1-5H3,(H,19,23)(H,20,22,24)/t12-/m1/s1. The molecule has 2 N–H and O–H groups in total. The van der Waals surface area contributed by atoms with E-state index in [2.05, 4.69) is 20.8 Å². The van der Waals surface area contributed by atoms with Crippen molar-refractivity contribution in [3.05, 3.63) is 29.8 Å². The highest BCUT2D eigenvalue weighted by Gasteiger charge is 2.21. The molecule has 7 heteroatoms. The highest BCUT2D eigenvalue weighted by molar-refractivity contribution is 7.18. The van der Waals surface area contributed by atoms with Gasteiger partial charge in [0.25, 0.3) is 0 Å². The van der Waals surface area contributed by atoms with Crippen LogP contribution in [0.3, 0.4) is 0 Å². The van der Waals surface area contributed by atoms with Gasteiger partial charge in [-0.15, -0.1) is 10.2 Å². The molecule has 2 rings (SSSR count). The van der Waals surface area contributed by atoms with Gasteiger partial charge < -0.3 is 5.32 Å². The Morgan fingerprint density at radius 1 is 1.24 bits per heavy atom. The largest absolute Gasteiger partial charge is 0.345 e. The molecule has 0 saturated heterocycles. The predicted octanol–water partition coefficient (Wildman–Crippen LogP) is 3.39. The van der Waals surface area contributed by atoms with Crippen LogP contribution < -0.4 is 10.6 Å². The van der Waals surface area contributed by atoms with Gasteiger partial charge in [0.2, 0.25) is 16.9 Å². The van der Waals surface area contributed by atoms with Crippen LogP contribution in [0.5, 0.6) is 0 Å². The Kier molecular flexibility index (Phi) is 5.89. The summed E-state index contributed by atoms with van der Waals surface area (Å²) < 4.78 is 0. The zero-order chi connectivity index (χ0) is 18.6. The van der Waals surface area contributed by atoms with Crippen LogP contribution in [0.25, 0.3) is 10.6 Å². The van der Waals surface area contributed by atoms with Crippen molar-refractivity contribution in [1.82, 2.24) is 15.5 Å². The molecule has 2 amide bonds. The average molecular weight is 360 g/mol. The number of carbonyl (C=O) groups excluding carboxylic acids is 2. The Balaban J connectivity index is 1.96. The first-order chi connectivity index (χ1) is 11.6. The molecule has 0 spiro atoms. The minimum atomic E-state index is -0.638. The summed E-state index contributed by atoms with van der Waals surface area (Å²) >= 11 is 1.30. The fourth-order valence-corrected chi connectivity index (χ4v) is 2.96. The minimum Gasteiger partial charge on any atom is -0.345 e. The molecule has 1 aromatic carbocycles. The maximum Gasteiger partial charge on any atom is 0.248 e. The molecule has 1 atom stereocenters. The molecule has 0 saturated carbocycles. The number of amides is 2. The van der Waals surface area contributed by atoms with Gasteiger partial charge in [0.05, 0.1) is 0 Å². The summed E-state index contributed by atoms with van der Waals surface area (Å²) in [5, 5.41) is 14.7. The first kappa shape index (κ1) is 19.1. The van der Waals surface area contributed by atoms with E-state index in [-0.39, 0.29) is 17.2 Å². The van der Waals surface area contributed by atoms with Gasteiger partial charge in [-0.05, 0) is 25.3 Å². The van der Waals surface area contributed by atoms with Crippen molar-refractivity contribution in [2.75, 3.05) is 5.32 Å². The second kappa shape index (κ2) is 7.74. The summed E-state index contributed by atoms with van der Waals surface area (Å²) in [6.07, 6.45) is 0.362. The van der Waals surface area contributed by atoms with Crippen LogP contribution in [-0.2, 0) is 9.59 Å². The highest BCUT2D eigenvalue weighted by Crippen LogP contribution is 2.26. The van der Waals surface area contributed by atoms with E-state index >= 15 is 0 Å². The summed E-state index contributed by atoms with van der Waals surface area (Å²) in [5.41, 5.74) is 1.97. The number of carbonyl (C=O) groups is 2. The van der Waals surface area contributed by atoms with E-state index in [4.69, 9.17) is 0 Å². The van der Waals surface area contributed by atoms with Crippen LogP contribution in [0.1, 0.15) is 39.7 Å². The van der Waals surface area contributed by atoms with Crippen LogP contribution in [0.4, 0.5) is 5.13 Å². The van der Waals surface area contributed by atoms with Crippen molar-refractivity contribution in [3.8, 4) is 10.6 Å². The number of rotatable bonds is 5. The second-order valence-corrected chi connectivity index (χ2v) is 8.28. The van der Waals surface area contributed by atoms with Crippen LogP contribution >= 0.6 is 11.3 Å². The Bertz CT molecular complexity index is 764. The lowest BCUT2D eigenvalue weighted by atomic mass is 9.92. The number of hydrogen-bond acceptors (Lipinski definition) is 5. The Hall–Kier alpha value is -2.28. The predicted molar refractivity (Wildman–Crippen MR) is 100 cm³/mol. The highest BCUT2D eigenvalue weighted by atomic mass is 32.1. The van der Waals surface area contributed by atoms with Crippen molar-refractivity contribution < 1.29 is 9.59 Å². The number of aryl methyl sites for hydroxylation is 1. The molecule has 0 unspecified atom stereocenters. The third-order valence-corrected chi connectivity index (χ3v) is 4.27. The summed E-state index contributed by atoms with van der Waals surface area (Å²) in [6, 6.07) is 7.29. The van der Waals surface area contributed by atoms with Crippen molar-refractivity contribution in [3.63, 3.8) is 0 Å². The van der Waals surface area contributed by atoms with Crippen LogP contribution in [-0.4, -0.2) is 28.1 Å². The lowest BCUT2D eigenvalue weighted by molar-refractivity contribution is -0.127. The monoisotopic (exact) mass is 360 g/mol. The van der Waals surface area contributed by atoms with Gasteiger partial charge in [0, 0.05) is 12.0 Å². The molecule has 25 heavy (non-hydrogen) atoms. The van der Waals surface area contributed by atoms with Gasteiger partial charge in [-0.3, -0.25) is 14.9 Å². The molecule has 1 heterocycles. The van der Waals surface area contributed by atoms with E-state index in [1.807, 2.05) is 52.0 Å². The maximum absolute atomic E-state index is 12.2. The van der Waals surface area contributed by atoms with Crippen molar-refractivity contribution in [2.24, 2.45) is 5.41 Å². The molecule has 2 aromatic rings. The summed E-state index contributed by atoms with van der Waals surface area (Å²) in [6.45, 7) is 9.59. The third-order valence-electron chi connectivity index (χ3n) is 3.38. The lowest BCUT2D eigenvalue weighted by Gasteiger charge is -2.19. The van der Waals surface area contributed by atoms with E-state index in [1.54, 1.807) is 6.92 Å². The van der Waals surface area contributed by atoms with E-state index < -0.39 is 6.04 Å². The minimum absolute atomic E-state index is 0.123. The summed E-state index contributed by atoms with van der Waals surface area (Å²) in [4.78, 5) is 24.2. The number of aromatic nitrogens is 2. The fourth-order valence-electron chi connectivity index (χ4n) is 2.22. The van der Waals surface area contributed by atoms with Gasteiger partial charge in [-0.25, -0.2) is 0 Å². The van der Waals surface area contributed by atoms with E-state index in [0.717, 1.165) is 16.1 Å². The lowest BCUT2D eigenvalue weighted by Crippen LogP contribution is -2.42. The van der Waals surface area contributed by atoms with E-state index in [1.165, 1.54) is 11.3 Å². The molecular weight excluding hydrogens is 336 g/mol. The van der Waals surface area contributed by atoms with Gasteiger partial charge in [-0.1, -0.05) is 55.9 Å². The van der Waals surface area contributed by atoms with Crippen LogP contribution in [0.15, 0.2) is 24.3 Å². The Morgan fingerprint density at radius 2 is 1.96 bits per heavy atom. The van der Waals surface area contributed by atoms with Crippen molar-refractivity contribution >= 4 is 28.3 Å². The first-order valence-electron chi connectivity index (χ1n) is 8.15. The van der Waals surface area contributed by atoms with Gasteiger partial charge in [0.15, 0.2) is 0 Å². The topological polar surface area (TPSA) is 84.0 Å². The molecule has 134 valence electrons. The molecular formula is C18H24N4O2S. The van der Waals surface area contributed by atoms with Gasteiger partial charge in [-0.2, -0.15) is 0 Å². The summed E-state index contributed by atoms with van der Waals surface area (Å²) in [5.74, 6) is -0.456. The average Bonchev–Trinajstić information content (AvgIpc) is 2.93. The zero-order valence-corrected chi connectivity index (χ0v) is 16.0. The van der Waals surface area contributed by atoms with Crippen LogP contribution in [0, 0.1) is 12.3 Å². The number of hydrogen-bond donors (Lipinski definition) is 2. The quantitative estimate of drug-likeness (QED) is 0.856. The van der Waals surface area contributed by atoms with E-state index in [0.29, 0.717) is 11.6 Å². The molecule has 0 fully saturated rings. The van der Waals surface area contributed by atoms with Gasteiger partial charge in [0.1, 0.15) is 11.0 Å². The number of anilines is 1. The molecule has 1 aromatic heterocycles. The molecule has 0 aliphatic carbocycles. The molecule has 0 aliphatic heterocycles. The van der Waals surface area contributed by atoms with Crippen LogP contribution in [0.2, 0.25) is 0 Å². The molecule has 0 radical (unpaired) electrons. The molecule has 0 aliphatic rings. The van der Waals surface area contributed by atoms with Crippen molar-refractivity contribution in [2.45, 2.75) is 47.1 Å². The zero-order valence-electron chi connectivity index (χ0n) is 15.2. The normalized spacial score (nSPS) is 12.5. The number of benzene rings is 1. The van der Waals surface area contributed by atoms with Crippen molar-refractivity contribution in [1.29, 1.82) is 0 Å². The smallest absolute Gasteiger partial charge is 0.248 e. The Labute approximate surface area is 152 Å². The SMILES string of the molecule is Cc1cccc(-c2nnc(NC(=O)[C@@H](C)NC(=O)CC(C)(C)C)s2)c1. The molecule has 6 nitrogen and oxygen atoms in total. The fraction of sp³-hybridized carbons (Fsp3) is 0.444. The van der Waals surface area contributed by atoms with Gasteiger partial charge >= 0.3 is 0 Å². The maximum atomic E-state index is 12.2. The second-order valence-electron chi connectivity index (χ2n) is 7.30. The Morgan fingerprint density at radius 3 is 2.60 bits per heavy atom.